The van der Waals surface area contributed by atoms with Crippen molar-refractivity contribution in [3.63, 3.8) is 0 Å². The minimum atomic E-state index is -1.16. The lowest BCUT2D eigenvalue weighted by molar-refractivity contribution is 0.0514. The molecule has 0 fully saturated rings. The van der Waals surface area contributed by atoms with Crippen molar-refractivity contribution in [2.45, 2.75) is 26.4 Å². The Morgan fingerprint density at radius 2 is 1.95 bits per heavy atom. The number of nitrogens with one attached hydrogen (secondary N) is 1. The number of furan rings is 1. The summed E-state index contributed by atoms with van der Waals surface area (Å²) >= 11 is 0. The fourth-order valence-corrected chi connectivity index (χ4v) is 2.20. The van der Waals surface area contributed by atoms with Crippen LogP contribution in [0.3, 0.4) is 0 Å². The van der Waals surface area contributed by atoms with Gasteiger partial charge in [-0.2, -0.15) is 0 Å². The van der Waals surface area contributed by atoms with Crippen LogP contribution in [-0.4, -0.2) is 17.6 Å². The topological polar surface area (TPSA) is 62.5 Å². The number of amides is 1. The van der Waals surface area contributed by atoms with Crippen LogP contribution >= 0.6 is 0 Å². The van der Waals surface area contributed by atoms with E-state index in [4.69, 9.17) is 4.42 Å². The highest BCUT2D eigenvalue weighted by molar-refractivity contribution is 5.94. The Morgan fingerprint density at radius 3 is 2.50 bits per heavy atom. The quantitative estimate of drug-likeness (QED) is 0.899. The summed E-state index contributed by atoms with van der Waals surface area (Å²) in [4.78, 5) is 12.0. The lowest BCUT2D eigenvalue weighted by Crippen LogP contribution is -2.38. The fourth-order valence-electron chi connectivity index (χ4n) is 2.20. The molecule has 4 heteroatoms. The first-order chi connectivity index (χ1) is 9.40. The van der Waals surface area contributed by atoms with Crippen LogP contribution in [-0.2, 0) is 5.60 Å². The van der Waals surface area contributed by atoms with Crippen molar-refractivity contribution in [2.75, 3.05) is 6.54 Å². The van der Waals surface area contributed by atoms with Crippen LogP contribution in [0.15, 0.2) is 40.8 Å². The third-order valence-electron chi connectivity index (χ3n) is 3.25. The number of aliphatic hydroxyl groups is 1. The summed E-state index contributed by atoms with van der Waals surface area (Å²) < 4.78 is 5.42. The highest BCUT2D eigenvalue weighted by atomic mass is 16.3. The van der Waals surface area contributed by atoms with E-state index < -0.39 is 5.60 Å². The summed E-state index contributed by atoms with van der Waals surface area (Å²) in [5.74, 6) is 1.21. The molecule has 1 aromatic carbocycles. The number of carbonyl (C=O) groups is 1. The maximum atomic E-state index is 12.0. The van der Waals surface area contributed by atoms with E-state index in [0.717, 1.165) is 5.76 Å². The van der Waals surface area contributed by atoms with Gasteiger partial charge in [-0.3, -0.25) is 4.79 Å². The van der Waals surface area contributed by atoms with Crippen molar-refractivity contribution in [2.24, 2.45) is 0 Å². The van der Waals surface area contributed by atoms with Crippen LogP contribution in [0.2, 0.25) is 0 Å². The minimum absolute atomic E-state index is 0.126. The summed E-state index contributed by atoms with van der Waals surface area (Å²) in [7, 11) is 0. The average Bonchev–Trinajstić information content (AvgIpc) is 2.77. The number of rotatable bonds is 4. The molecule has 0 bridgehead atoms. The van der Waals surface area contributed by atoms with E-state index in [2.05, 4.69) is 5.32 Å². The first kappa shape index (κ1) is 14.3. The van der Waals surface area contributed by atoms with Crippen LogP contribution in [0.5, 0.6) is 0 Å². The summed E-state index contributed by atoms with van der Waals surface area (Å²) in [6.45, 7) is 5.42. The zero-order chi connectivity index (χ0) is 14.8. The molecule has 0 aliphatic heterocycles. The van der Waals surface area contributed by atoms with Gasteiger partial charge in [0.25, 0.3) is 5.91 Å². The molecular formula is C16H19NO3. The molecule has 2 rings (SSSR count). The SMILES string of the molecule is Cc1cc(C(C)(O)CNC(=O)c2ccccc2)c(C)o1. The average molecular weight is 273 g/mol. The van der Waals surface area contributed by atoms with Crippen molar-refractivity contribution in [1.29, 1.82) is 0 Å². The molecule has 4 nitrogen and oxygen atoms in total. The molecule has 1 heterocycles. The van der Waals surface area contributed by atoms with Gasteiger partial charge in [-0.15, -0.1) is 0 Å². The van der Waals surface area contributed by atoms with Crippen LogP contribution in [0.4, 0.5) is 0 Å². The van der Waals surface area contributed by atoms with Gasteiger partial charge >= 0.3 is 0 Å². The number of benzene rings is 1. The van der Waals surface area contributed by atoms with E-state index in [9.17, 15) is 9.90 Å². The molecule has 0 aliphatic carbocycles. The maximum Gasteiger partial charge on any atom is 0.251 e. The monoisotopic (exact) mass is 273 g/mol. The standard InChI is InChI=1S/C16H19NO3/c1-11-9-14(12(2)20-11)16(3,19)10-17-15(18)13-7-5-4-6-8-13/h4-9,19H,10H2,1-3H3,(H,17,18). The highest BCUT2D eigenvalue weighted by Crippen LogP contribution is 2.26. The Bertz CT molecular complexity index is 599. The Hall–Kier alpha value is -2.07. The normalized spacial score (nSPS) is 13.8. The second kappa shape index (κ2) is 5.51. The molecule has 0 saturated carbocycles. The summed E-state index contributed by atoms with van der Waals surface area (Å²) in [6.07, 6.45) is 0. The van der Waals surface area contributed by atoms with E-state index in [0.29, 0.717) is 16.9 Å². The molecule has 0 saturated heterocycles. The lowest BCUT2D eigenvalue weighted by atomic mass is 9.96. The summed E-state index contributed by atoms with van der Waals surface area (Å²) in [5.41, 5.74) is 0.110. The third-order valence-corrected chi connectivity index (χ3v) is 3.25. The van der Waals surface area contributed by atoms with Gasteiger partial charge in [-0.05, 0) is 39.0 Å². The van der Waals surface area contributed by atoms with Crippen LogP contribution in [0.1, 0.15) is 34.4 Å². The second-order valence-electron chi connectivity index (χ2n) is 5.15. The number of carbonyl (C=O) groups excluding carboxylic acids is 1. The number of aryl methyl sites for hydroxylation is 2. The number of hydrogen-bond donors (Lipinski definition) is 2. The largest absolute Gasteiger partial charge is 0.466 e. The Labute approximate surface area is 118 Å². The van der Waals surface area contributed by atoms with E-state index in [-0.39, 0.29) is 12.5 Å². The van der Waals surface area contributed by atoms with Crippen molar-refractivity contribution in [3.05, 3.63) is 59.0 Å². The fraction of sp³-hybridized carbons (Fsp3) is 0.312. The predicted molar refractivity (Wildman–Crippen MR) is 76.5 cm³/mol. The molecule has 1 atom stereocenters. The Kier molecular flexibility index (Phi) is 3.95. The van der Waals surface area contributed by atoms with Gasteiger partial charge < -0.3 is 14.8 Å². The van der Waals surface area contributed by atoms with Gasteiger partial charge in [-0.25, -0.2) is 0 Å². The smallest absolute Gasteiger partial charge is 0.251 e. The van der Waals surface area contributed by atoms with E-state index in [1.807, 2.05) is 13.0 Å². The first-order valence-corrected chi connectivity index (χ1v) is 6.53. The van der Waals surface area contributed by atoms with Gasteiger partial charge in [0.05, 0.1) is 6.54 Å². The molecule has 2 aromatic rings. The molecule has 0 radical (unpaired) electrons. The molecule has 0 spiro atoms. The van der Waals surface area contributed by atoms with Crippen LogP contribution in [0, 0.1) is 13.8 Å². The molecule has 1 unspecified atom stereocenters. The van der Waals surface area contributed by atoms with Crippen LogP contribution < -0.4 is 5.32 Å². The summed E-state index contributed by atoms with van der Waals surface area (Å²) in [6, 6.07) is 10.7. The van der Waals surface area contributed by atoms with Crippen molar-refractivity contribution in [3.8, 4) is 0 Å². The van der Waals surface area contributed by atoms with E-state index >= 15 is 0 Å². The molecule has 106 valence electrons. The van der Waals surface area contributed by atoms with Crippen LogP contribution in [0.25, 0.3) is 0 Å². The number of hydrogen-bond acceptors (Lipinski definition) is 3. The first-order valence-electron chi connectivity index (χ1n) is 6.53. The van der Waals surface area contributed by atoms with Gasteiger partial charge in [0.1, 0.15) is 17.1 Å². The molecule has 0 aliphatic rings. The Balaban J connectivity index is 2.06. The molecule has 1 amide bonds. The summed E-state index contributed by atoms with van der Waals surface area (Å²) in [5, 5.41) is 13.2. The van der Waals surface area contributed by atoms with Crippen molar-refractivity contribution in [1.82, 2.24) is 5.32 Å². The van der Waals surface area contributed by atoms with Gasteiger partial charge in [0, 0.05) is 11.1 Å². The van der Waals surface area contributed by atoms with Gasteiger partial charge in [-0.1, -0.05) is 18.2 Å². The molecule has 2 N–H and O–H groups in total. The van der Waals surface area contributed by atoms with Gasteiger partial charge in [0.2, 0.25) is 0 Å². The molecule has 1 aromatic heterocycles. The van der Waals surface area contributed by atoms with Gasteiger partial charge in [0.15, 0.2) is 0 Å². The highest BCUT2D eigenvalue weighted by Gasteiger charge is 2.28. The van der Waals surface area contributed by atoms with E-state index in [1.54, 1.807) is 44.2 Å². The zero-order valence-electron chi connectivity index (χ0n) is 11.9. The minimum Gasteiger partial charge on any atom is -0.466 e. The molecule has 20 heavy (non-hydrogen) atoms. The van der Waals surface area contributed by atoms with Crippen molar-refractivity contribution >= 4 is 5.91 Å². The maximum absolute atomic E-state index is 12.0. The second-order valence-corrected chi connectivity index (χ2v) is 5.15. The Morgan fingerprint density at radius 1 is 1.30 bits per heavy atom. The lowest BCUT2D eigenvalue weighted by Gasteiger charge is -2.23. The zero-order valence-corrected chi connectivity index (χ0v) is 11.9. The molecular weight excluding hydrogens is 254 g/mol. The third kappa shape index (κ3) is 3.08. The van der Waals surface area contributed by atoms with E-state index in [1.165, 1.54) is 0 Å². The predicted octanol–water partition coefficient (Wildman–Crippen LogP) is 2.53. The van der Waals surface area contributed by atoms with Crippen molar-refractivity contribution < 1.29 is 14.3 Å².